The number of fused-ring (bicyclic) bond motifs is 1. The van der Waals surface area contributed by atoms with Crippen LogP contribution in [0.4, 0.5) is 0 Å². The largest absolute Gasteiger partial charge is 0.487 e. The fraction of sp³-hybridized carbons (Fsp3) is 0.500. The van der Waals surface area contributed by atoms with Crippen LogP contribution in [0, 0.1) is 0 Å². The molecular weight excluding hydrogens is 240 g/mol. The maximum atomic E-state index is 5.89. The molecule has 5 heteroatoms. The first kappa shape index (κ1) is 12.1. The molecular formula is C14H18N4O. The number of pyridine rings is 1. The first-order valence-corrected chi connectivity index (χ1v) is 6.85. The Morgan fingerprint density at radius 2 is 2.21 bits per heavy atom. The predicted octanol–water partition coefficient (Wildman–Crippen LogP) is 2.15. The van der Waals surface area contributed by atoms with E-state index in [1.807, 2.05) is 25.4 Å². The minimum absolute atomic E-state index is 0.469. The van der Waals surface area contributed by atoms with E-state index in [4.69, 9.17) is 4.74 Å². The Morgan fingerprint density at radius 1 is 1.32 bits per heavy atom. The maximum absolute atomic E-state index is 5.89. The summed E-state index contributed by atoms with van der Waals surface area (Å²) in [4.78, 5) is 4.44. The first-order chi connectivity index (χ1) is 9.36. The van der Waals surface area contributed by atoms with Crippen molar-refractivity contribution in [2.24, 2.45) is 0 Å². The maximum Gasteiger partial charge on any atom is 0.134 e. The number of aryl methyl sites for hydroxylation is 2. The molecule has 0 radical (unpaired) electrons. The smallest absolute Gasteiger partial charge is 0.134 e. The summed E-state index contributed by atoms with van der Waals surface area (Å²) in [5, 5.41) is 8.10. The van der Waals surface area contributed by atoms with Crippen LogP contribution >= 0.6 is 0 Å². The van der Waals surface area contributed by atoms with Crippen molar-refractivity contribution in [2.45, 2.75) is 45.8 Å². The van der Waals surface area contributed by atoms with Gasteiger partial charge in [-0.15, -0.1) is 5.10 Å². The summed E-state index contributed by atoms with van der Waals surface area (Å²) in [6.07, 6.45) is 8.35. The second kappa shape index (κ2) is 5.38. The lowest BCUT2D eigenvalue weighted by molar-refractivity contribution is 0.296. The molecule has 0 aliphatic heterocycles. The van der Waals surface area contributed by atoms with Crippen molar-refractivity contribution in [3.8, 4) is 5.75 Å². The van der Waals surface area contributed by atoms with E-state index in [0.717, 1.165) is 30.8 Å². The van der Waals surface area contributed by atoms with Gasteiger partial charge in [0.05, 0.1) is 6.20 Å². The zero-order chi connectivity index (χ0) is 13.1. The van der Waals surface area contributed by atoms with Gasteiger partial charge in [0.15, 0.2) is 0 Å². The minimum Gasteiger partial charge on any atom is -0.487 e. The van der Waals surface area contributed by atoms with Gasteiger partial charge >= 0.3 is 0 Å². The molecule has 0 atom stereocenters. The van der Waals surface area contributed by atoms with Gasteiger partial charge < -0.3 is 4.74 Å². The van der Waals surface area contributed by atoms with Gasteiger partial charge in [0.1, 0.15) is 18.1 Å². The third-order valence-corrected chi connectivity index (χ3v) is 3.48. The highest BCUT2D eigenvalue weighted by atomic mass is 16.5. The number of rotatable bonds is 4. The van der Waals surface area contributed by atoms with Crippen LogP contribution in [0.2, 0.25) is 0 Å². The van der Waals surface area contributed by atoms with Crippen molar-refractivity contribution in [2.75, 3.05) is 0 Å². The Hall–Kier alpha value is -1.91. The quantitative estimate of drug-likeness (QED) is 0.843. The molecule has 3 rings (SSSR count). The topological polar surface area (TPSA) is 52.8 Å². The van der Waals surface area contributed by atoms with E-state index in [1.165, 1.54) is 24.1 Å². The van der Waals surface area contributed by atoms with Gasteiger partial charge in [-0.2, -0.15) is 0 Å². The normalized spacial score (nSPS) is 14.2. The van der Waals surface area contributed by atoms with E-state index >= 15 is 0 Å². The highest BCUT2D eigenvalue weighted by Crippen LogP contribution is 2.28. The minimum atomic E-state index is 0.469. The summed E-state index contributed by atoms with van der Waals surface area (Å²) in [5.74, 6) is 0.954. The highest BCUT2D eigenvalue weighted by molar-refractivity contribution is 5.37. The fourth-order valence-corrected chi connectivity index (χ4v) is 2.44. The predicted molar refractivity (Wildman–Crippen MR) is 70.9 cm³/mol. The molecule has 1 aliphatic carbocycles. The Morgan fingerprint density at radius 3 is 3.05 bits per heavy atom. The van der Waals surface area contributed by atoms with Crippen LogP contribution in [0.5, 0.6) is 5.75 Å². The molecule has 2 aromatic rings. The van der Waals surface area contributed by atoms with Gasteiger partial charge in [-0.1, -0.05) is 5.21 Å². The fourth-order valence-electron chi connectivity index (χ4n) is 2.44. The first-order valence-electron chi connectivity index (χ1n) is 6.85. The van der Waals surface area contributed by atoms with E-state index in [0.29, 0.717) is 6.61 Å². The molecule has 0 N–H and O–H groups in total. The lowest BCUT2D eigenvalue weighted by Crippen LogP contribution is -2.08. The molecule has 0 saturated carbocycles. The number of aromatic nitrogens is 4. The monoisotopic (exact) mass is 258 g/mol. The lowest BCUT2D eigenvalue weighted by atomic mass is 9.95. The third-order valence-electron chi connectivity index (χ3n) is 3.48. The van der Waals surface area contributed by atoms with Crippen LogP contribution in [0.15, 0.2) is 18.5 Å². The molecule has 1 aliphatic rings. The van der Waals surface area contributed by atoms with Crippen LogP contribution in [0.25, 0.3) is 0 Å². The van der Waals surface area contributed by atoms with Crippen LogP contribution in [0.1, 0.15) is 36.7 Å². The van der Waals surface area contributed by atoms with Crippen LogP contribution in [-0.4, -0.2) is 20.0 Å². The van der Waals surface area contributed by atoms with Gasteiger partial charge in [0.25, 0.3) is 0 Å². The van der Waals surface area contributed by atoms with E-state index in [9.17, 15) is 0 Å². The van der Waals surface area contributed by atoms with Gasteiger partial charge in [0, 0.05) is 24.0 Å². The summed E-state index contributed by atoms with van der Waals surface area (Å²) in [6, 6.07) is 1.95. The second-order valence-electron chi connectivity index (χ2n) is 4.80. The number of nitrogens with zero attached hydrogens (tertiary/aromatic N) is 4. The Bertz CT molecular complexity index is 564. The molecule has 0 saturated heterocycles. The van der Waals surface area contributed by atoms with E-state index in [1.54, 1.807) is 4.68 Å². The highest BCUT2D eigenvalue weighted by Gasteiger charge is 2.15. The molecule has 0 unspecified atom stereocenters. The van der Waals surface area contributed by atoms with Crippen molar-refractivity contribution in [3.63, 3.8) is 0 Å². The second-order valence-corrected chi connectivity index (χ2v) is 4.80. The summed E-state index contributed by atoms with van der Waals surface area (Å²) in [6.45, 7) is 3.34. The van der Waals surface area contributed by atoms with Crippen molar-refractivity contribution < 1.29 is 4.74 Å². The molecule has 0 spiro atoms. The van der Waals surface area contributed by atoms with Gasteiger partial charge in [-0.05, 0) is 38.7 Å². The Labute approximate surface area is 112 Å². The third kappa shape index (κ3) is 2.59. The standard InChI is InChI=1S/C14H18N4O/c1-2-18-9-11(16-17-18)10-19-14-7-8-15-13-6-4-3-5-12(13)14/h7-9H,2-6,10H2,1H3. The van der Waals surface area contributed by atoms with Crippen molar-refractivity contribution in [1.29, 1.82) is 0 Å². The van der Waals surface area contributed by atoms with E-state index in [-0.39, 0.29) is 0 Å². The van der Waals surface area contributed by atoms with Gasteiger partial charge in [-0.3, -0.25) is 9.67 Å². The lowest BCUT2D eigenvalue weighted by Gasteiger charge is -2.17. The summed E-state index contributed by atoms with van der Waals surface area (Å²) in [7, 11) is 0. The van der Waals surface area contributed by atoms with Crippen LogP contribution in [0.3, 0.4) is 0 Å². The molecule has 5 nitrogen and oxygen atoms in total. The van der Waals surface area contributed by atoms with E-state index < -0.39 is 0 Å². The summed E-state index contributed by atoms with van der Waals surface area (Å²) < 4.78 is 7.70. The van der Waals surface area contributed by atoms with Crippen molar-refractivity contribution in [1.82, 2.24) is 20.0 Å². The molecule has 0 fully saturated rings. The summed E-state index contributed by atoms with van der Waals surface area (Å²) in [5.41, 5.74) is 3.33. The molecule has 100 valence electrons. The van der Waals surface area contributed by atoms with Crippen LogP contribution in [-0.2, 0) is 26.0 Å². The van der Waals surface area contributed by atoms with Crippen LogP contribution < -0.4 is 4.74 Å². The molecule has 0 bridgehead atoms. The summed E-state index contributed by atoms with van der Waals surface area (Å²) >= 11 is 0. The SMILES string of the molecule is CCn1cc(COc2ccnc3c2CCCC3)nn1. The van der Waals surface area contributed by atoms with Gasteiger partial charge in [-0.25, -0.2) is 0 Å². The number of ether oxygens (including phenoxy) is 1. The molecule has 0 amide bonds. The molecule has 0 aromatic carbocycles. The zero-order valence-corrected chi connectivity index (χ0v) is 11.2. The Kier molecular flexibility index (Phi) is 3.44. The number of hydrogen-bond acceptors (Lipinski definition) is 4. The van der Waals surface area contributed by atoms with Crippen molar-refractivity contribution >= 4 is 0 Å². The Balaban J connectivity index is 1.73. The van der Waals surface area contributed by atoms with Gasteiger partial charge in [0.2, 0.25) is 0 Å². The molecule has 2 aromatic heterocycles. The van der Waals surface area contributed by atoms with E-state index in [2.05, 4.69) is 15.3 Å². The average molecular weight is 258 g/mol. The number of hydrogen-bond donors (Lipinski definition) is 0. The molecule has 2 heterocycles. The zero-order valence-electron chi connectivity index (χ0n) is 11.2. The molecule has 19 heavy (non-hydrogen) atoms. The average Bonchev–Trinajstić information content (AvgIpc) is 2.93. The van der Waals surface area contributed by atoms with Crippen molar-refractivity contribution in [3.05, 3.63) is 35.4 Å².